The number of amidine groups is 1. The Morgan fingerprint density at radius 1 is 1.17 bits per heavy atom. The van der Waals surface area contributed by atoms with Crippen LogP contribution in [0, 0.1) is 23.0 Å². The molecule has 3 aliphatic rings. The van der Waals surface area contributed by atoms with Crippen LogP contribution in [0.5, 0.6) is 0 Å². The van der Waals surface area contributed by atoms with Crippen molar-refractivity contribution in [2.75, 3.05) is 5.32 Å². The van der Waals surface area contributed by atoms with Crippen molar-refractivity contribution in [3.8, 4) is 0 Å². The van der Waals surface area contributed by atoms with Crippen molar-refractivity contribution < 1.29 is 8.78 Å². The minimum atomic E-state index is -0.682. The molecule has 35 heavy (non-hydrogen) atoms. The molecule has 8 heteroatoms. The highest BCUT2D eigenvalue weighted by Gasteiger charge is 2.41. The molecule has 190 valence electrons. The molecular formula is C27H38F2N6. The zero-order valence-electron chi connectivity index (χ0n) is 21.1. The van der Waals surface area contributed by atoms with Gasteiger partial charge in [0.15, 0.2) is 5.84 Å². The number of hydrogen-bond acceptors (Lipinski definition) is 5. The molecule has 0 radical (unpaired) electrons. The number of rotatable bonds is 5. The quantitative estimate of drug-likeness (QED) is 0.490. The Balaban J connectivity index is 1.63. The molecule has 1 unspecified atom stereocenters. The van der Waals surface area contributed by atoms with E-state index in [0.717, 1.165) is 38.2 Å². The third-order valence-electron chi connectivity index (χ3n) is 7.46. The predicted molar refractivity (Wildman–Crippen MR) is 139 cm³/mol. The van der Waals surface area contributed by atoms with Crippen LogP contribution < -0.4 is 16.4 Å². The average molecular weight is 485 g/mol. The second kappa shape index (κ2) is 10.4. The van der Waals surface area contributed by atoms with Crippen LogP contribution >= 0.6 is 0 Å². The normalized spacial score (nSPS) is 25.9. The summed E-state index contributed by atoms with van der Waals surface area (Å²) in [5, 5.41) is 6.54. The van der Waals surface area contributed by atoms with Gasteiger partial charge in [-0.15, -0.1) is 0 Å². The topological polar surface area (TPSA) is 78.0 Å². The van der Waals surface area contributed by atoms with Gasteiger partial charge in [-0.2, -0.15) is 0 Å². The van der Waals surface area contributed by atoms with Crippen LogP contribution in [-0.2, 0) is 0 Å². The molecule has 2 saturated carbocycles. The molecule has 4 rings (SSSR count). The highest BCUT2D eigenvalue weighted by Crippen LogP contribution is 2.42. The fourth-order valence-corrected chi connectivity index (χ4v) is 5.43. The molecular weight excluding hydrogens is 446 g/mol. The number of guanidine groups is 1. The second-order valence-corrected chi connectivity index (χ2v) is 11.0. The maximum absolute atomic E-state index is 14.5. The molecule has 0 bridgehead atoms. The van der Waals surface area contributed by atoms with E-state index in [2.05, 4.69) is 43.0 Å². The first kappa shape index (κ1) is 25.2. The molecule has 0 spiro atoms. The smallest absolute Gasteiger partial charge is 0.210 e. The lowest BCUT2D eigenvalue weighted by atomic mass is 9.79. The summed E-state index contributed by atoms with van der Waals surface area (Å²) in [6.45, 7) is 11.0. The highest BCUT2D eigenvalue weighted by molar-refractivity contribution is 6.18. The molecule has 0 amide bonds. The molecule has 1 aromatic carbocycles. The van der Waals surface area contributed by atoms with Crippen LogP contribution in [0.3, 0.4) is 0 Å². The van der Waals surface area contributed by atoms with Crippen LogP contribution in [0.4, 0.5) is 14.5 Å². The fraction of sp³-hybridized carbons (Fsp3) is 0.556. The van der Waals surface area contributed by atoms with Crippen molar-refractivity contribution in [3.63, 3.8) is 0 Å². The van der Waals surface area contributed by atoms with E-state index in [0.29, 0.717) is 35.3 Å². The summed E-state index contributed by atoms with van der Waals surface area (Å²) in [5.41, 5.74) is 6.80. The van der Waals surface area contributed by atoms with Crippen LogP contribution in [0.2, 0.25) is 0 Å². The van der Waals surface area contributed by atoms with E-state index in [1.807, 2.05) is 4.90 Å². The van der Waals surface area contributed by atoms with Crippen molar-refractivity contribution >= 4 is 17.5 Å². The van der Waals surface area contributed by atoms with Crippen LogP contribution in [-0.4, -0.2) is 28.8 Å². The molecule has 1 heterocycles. The van der Waals surface area contributed by atoms with Gasteiger partial charge in [-0.25, -0.2) is 18.8 Å². The van der Waals surface area contributed by atoms with Crippen LogP contribution in [0.25, 0.3) is 0 Å². The summed E-state index contributed by atoms with van der Waals surface area (Å²) in [6, 6.07) is 3.94. The minimum Gasteiger partial charge on any atom is -0.403 e. The number of benzene rings is 1. The monoisotopic (exact) mass is 484 g/mol. The lowest BCUT2D eigenvalue weighted by Gasteiger charge is -2.31. The van der Waals surface area contributed by atoms with Gasteiger partial charge in [-0.05, 0) is 55.6 Å². The maximum atomic E-state index is 14.5. The summed E-state index contributed by atoms with van der Waals surface area (Å²) < 4.78 is 28.0. The Morgan fingerprint density at radius 3 is 2.54 bits per heavy atom. The molecule has 4 N–H and O–H groups in total. The number of hydrogen-bond donors (Lipinski definition) is 3. The predicted octanol–water partition coefficient (Wildman–Crippen LogP) is 5.86. The van der Waals surface area contributed by atoms with Crippen molar-refractivity contribution in [2.24, 2.45) is 27.1 Å². The van der Waals surface area contributed by atoms with Gasteiger partial charge < -0.3 is 16.4 Å². The molecule has 1 aromatic rings. The van der Waals surface area contributed by atoms with Crippen LogP contribution in [0.1, 0.15) is 72.1 Å². The van der Waals surface area contributed by atoms with Crippen molar-refractivity contribution in [1.82, 2.24) is 10.2 Å². The largest absolute Gasteiger partial charge is 0.403 e. The van der Waals surface area contributed by atoms with Gasteiger partial charge in [0, 0.05) is 24.4 Å². The van der Waals surface area contributed by atoms with E-state index in [1.165, 1.54) is 37.6 Å². The van der Waals surface area contributed by atoms with Gasteiger partial charge in [-0.1, -0.05) is 46.6 Å². The molecule has 2 atom stereocenters. The third kappa shape index (κ3) is 5.85. The summed E-state index contributed by atoms with van der Waals surface area (Å²) in [6.07, 6.45) is 10.3. The number of aliphatic imine (C=N–C) groups is 2. The first-order valence-corrected chi connectivity index (χ1v) is 12.7. The van der Waals surface area contributed by atoms with E-state index in [1.54, 1.807) is 0 Å². The zero-order chi connectivity index (χ0) is 25.2. The Morgan fingerprint density at radius 2 is 1.91 bits per heavy atom. The fourth-order valence-electron chi connectivity index (χ4n) is 5.43. The Bertz CT molecular complexity index is 1030. The second-order valence-electron chi connectivity index (χ2n) is 11.0. The van der Waals surface area contributed by atoms with Gasteiger partial charge in [0.05, 0.1) is 5.69 Å². The summed E-state index contributed by atoms with van der Waals surface area (Å²) >= 11 is 0. The van der Waals surface area contributed by atoms with E-state index in [-0.39, 0.29) is 17.1 Å². The van der Waals surface area contributed by atoms with Crippen molar-refractivity contribution in [2.45, 2.75) is 84.2 Å². The van der Waals surface area contributed by atoms with E-state index < -0.39 is 11.6 Å². The van der Waals surface area contributed by atoms with Crippen LogP contribution in [0.15, 0.2) is 52.5 Å². The third-order valence-corrected chi connectivity index (χ3v) is 7.46. The van der Waals surface area contributed by atoms with E-state index >= 15 is 0 Å². The standard InChI is InChI=1S/C27H38F2N6/c1-17(31-20-8-6-5-7-9-20)32-25-24(16-30)34-26(33-23-13-11-19(28)15-22(23)29)35(25)21-12-10-18(14-21)27(2,3)4/h11,13,15-16,18,20-21,31H,1,5-10,12,14,30H2,2-4H3,(H,33,34)/b24-16+,32-25+/t18-,21?/m1/s1. The van der Waals surface area contributed by atoms with Crippen molar-refractivity contribution in [3.05, 3.63) is 54.1 Å². The average Bonchev–Trinajstić information content (AvgIpc) is 3.41. The Labute approximate surface area is 207 Å². The number of halogens is 2. The molecule has 0 saturated heterocycles. The number of nitrogens with one attached hydrogen (secondary N) is 2. The van der Waals surface area contributed by atoms with Gasteiger partial charge in [0.1, 0.15) is 23.2 Å². The van der Waals surface area contributed by atoms with E-state index in [4.69, 9.17) is 10.7 Å². The minimum absolute atomic E-state index is 0.118. The maximum Gasteiger partial charge on any atom is 0.210 e. The number of anilines is 1. The molecule has 6 nitrogen and oxygen atoms in total. The van der Waals surface area contributed by atoms with Crippen molar-refractivity contribution in [1.29, 1.82) is 0 Å². The summed E-state index contributed by atoms with van der Waals surface area (Å²) in [7, 11) is 0. The van der Waals surface area contributed by atoms with Gasteiger partial charge in [0.25, 0.3) is 0 Å². The molecule has 2 fully saturated rings. The molecule has 0 aromatic heterocycles. The van der Waals surface area contributed by atoms with Gasteiger partial charge >= 0.3 is 0 Å². The number of nitrogens with two attached hydrogens (primary N) is 1. The summed E-state index contributed by atoms with van der Waals surface area (Å²) in [5.74, 6) is 0.843. The Kier molecular flexibility index (Phi) is 7.47. The molecule has 1 aliphatic heterocycles. The summed E-state index contributed by atoms with van der Waals surface area (Å²) in [4.78, 5) is 11.5. The lowest BCUT2D eigenvalue weighted by molar-refractivity contribution is 0.237. The first-order chi connectivity index (χ1) is 16.7. The van der Waals surface area contributed by atoms with Gasteiger partial charge in [-0.3, -0.25) is 4.90 Å². The SMILES string of the molecule is C=C(/N=C1\C(=C/N)N=C(Nc2ccc(F)cc2F)N1C1CC[C@@H](C(C)(C)C)C1)NC1CCCCC1. The number of nitrogens with zero attached hydrogens (tertiary/aromatic N) is 3. The van der Waals surface area contributed by atoms with Gasteiger partial charge in [0.2, 0.25) is 5.96 Å². The molecule has 2 aliphatic carbocycles. The Hall–Kier alpha value is -2.90. The highest BCUT2D eigenvalue weighted by atomic mass is 19.1. The lowest BCUT2D eigenvalue weighted by Crippen LogP contribution is -2.44. The zero-order valence-corrected chi connectivity index (χ0v) is 21.1. The van der Waals surface area contributed by atoms with E-state index in [9.17, 15) is 8.78 Å². The first-order valence-electron chi connectivity index (χ1n) is 12.7.